The Labute approximate surface area is 114 Å². The van der Waals surface area contributed by atoms with Crippen LogP contribution in [0.1, 0.15) is 22.3 Å². The molecule has 0 radical (unpaired) electrons. The number of anilines is 1. The number of nitrogens with one attached hydrogen (secondary N) is 2. The van der Waals surface area contributed by atoms with Crippen LogP contribution in [0.25, 0.3) is 0 Å². The third-order valence-corrected chi connectivity index (χ3v) is 3.15. The van der Waals surface area contributed by atoms with Crippen LogP contribution in [-0.2, 0) is 13.1 Å². The van der Waals surface area contributed by atoms with Crippen molar-refractivity contribution in [2.24, 2.45) is 0 Å². The maximum absolute atomic E-state index is 5.74. The Morgan fingerprint density at radius 1 is 0.947 bits per heavy atom. The Morgan fingerprint density at radius 2 is 1.74 bits per heavy atom. The standard InChI is InChI=1S/C16H21N3/c1-12-6-7-15(13(2)8-12)11-19-18-10-14-4-3-5-16(17)9-14/h3-9,18-19H,10-11,17H2,1-2H3. The van der Waals surface area contributed by atoms with Crippen molar-refractivity contribution in [1.82, 2.24) is 10.9 Å². The maximum Gasteiger partial charge on any atom is 0.0353 e. The Bertz CT molecular complexity index is 549. The summed E-state index contributed by atoms with van der Waals surface area (Å²) >= 11 is 0. The fourth-order valence-corrected chi connectivity index (χ4v) is 2.07. The minimum Gasteiger partial charge on any atom is -0.399 e. The van der Waals surface area contributed by atoms with Crippen LogP contribution in [0.3, 0.4) is 0 Å². The molecule has 0 saturated heterocycles. The van der Waals surface area contributed by atoms with E-state index in [1.807, 2.05) is 18.2 Å². The van der Waals surface area contributed by atoms with E-state index >= 15 is 0 Å². The number of nitrogen functional groups attached to an aromatic ring is 1. The highest BCUT2D eigenvalue weighted by Crippen LogP contribution is 2.10. The SMILES string of the molecule is Cc1ccc(CNNCc2cccc(N)c2)c(C)c1. The van der Waals surface area contributed by atoms with Gasteiger partial charge in [-0.3, -0.25) is 10.9 Å². The van der Waals surface area contributed by atoms with Crippen molar-refractivity contribution in [3.63, 3.8) is 0 Å². The molecule has 0 aliphatic heterocycles. The Balaban J connectivity index is 1.81. The lowest BCUT2D eigenvalue weighted by atomic mass is 10.1. The van der Waals surface area contributed by atoms with Gasteiger partial charge >= 0.3 is 0 Å². The molecule has 2 aromatic rings. The van der Waals surface area contributed by atoms with E-state index in [2.05, 4.69) is 49.0 Å². The predicted octanol–water partition coefficient (Wildman–Crippen LogP) is 2.68. The summed E-state index contributed by atoms with van der Waals surface area (Å²) in [5.74, 6) is 0. The molecule has 4 N–H and O–H groups in total. The summed E-state index contributed by atoms with van der Waals surface area (Å²) in [4.78, 5) is 0. The number of nitrogens with two attached hydrogens (primary N) is 1. The molecule has 0 amide bonds. The molecule has 100 valence electrons. The molecular weight excluding hydrogens is 234 g/mol. The summed E-state index contributed by atoms with van der Waals surface area (Å²) in [6, 6.07) is 14.4. The van der Waals surface area contributed by atoms with Gasteiger partial charge in [0.2, 0.25) is 0 Å². The topological polar surface area (TPSA) is 50.1 Å². The zero-order valence-corrected chi connectivity index (χ0v) is 11.5. The Morgan fingerprint density at radius 3 is 2.47 bits per heavy atom. The highest BCUT2D eigenvalue weighted by Gasteiger charge is 1.98. The minimum absolute atomic E-state index is 0.760. The number of hydrogen-bond donors (Lipinski definition) is 3. The average Bonchev–Trinajstić information content (AvgIpc) is 2.37. The number of hydrogen-bond acceptors (Lipinski definition) is 3. The first-order chi connectivity index (χ1) is 9.15. The van der Waals surface area contributed by atoms with Gasteiger partial charge in [-0.2, -0.15) is 0 Å². The highest BCUT2D eigenvalue weighted by molar-refractivity contribution is 5.40. The monoisotopic (exact) mass is 255 g/mol. The van der Waals surface area contributed by atoms with E-state index < -0.39 is 0 Å². The van der Waals surface area contributed by atoms with Gasteiger partial charge in [0.05, 0.1) is 0 Å². The van der Waals surface area contributed by atoms with Crippen LogP contribution in [0.4, 0.5) is 5.69 Å². The van der Waals surface area contributed by atoms with Crippen LogP contribution >= 0.6 is 0 Å². The molecular formula is C16H21N3. The van der Waals surface area contributed by atoms with E-state index in [-0.39, 0.29) is 0 Å². The van der Waals surface area contributed by atoms with Gasteiger partial charge in [-0.1, -0.05) is 35.9 Å². The molecule has 2 aromatic carbocycles. The van der Waals surface area contributed by atoms with Crippen LogP contribution in [0.2, 0.25) is 0 Å². The molecule has 2 rings (SSSR count). The lowest BCUT2D eigenvalue weighted by molar-refractivity contribution is 0.529. The van der Waals surface area contributed by atoms with E-state index in [0.29, 0.717) is 0 Å². The summed E-state index contributed by atoms with van der Waals surface area (Å²) in [5, 5.41) is 0. The van der Waals surface area contributed by atoms with Gasteiger partial charge in [0.1, 0.15) is 0 Å². The van der Waals surface area contributed by atoms with E-state index in [1.165, 1.54) is 22.3 Å². The Kier molecular flexibility index (Phi) is 4.55. The van der Waals surface area contributed by atoms with Gasteiger partial charge in [0.25, 0.3) is 0 Å². The van der Waals surface area contributed by atoms with Gasteiger partial charge in [0.15, 0.2) is 0 Å². The van der Waals surface area contributed by atoms with Crippen molar-refractivity contribution in [1.29, 1.82) is 0 Å². The lowest BCUT2D eigenvalue weighted by Crippen LogP contribution is -2.30. The van der Waals surface area contributed by atoms with Gasteiger partial charge < -0.3 is 5.73 Å². The van der Waals surface area contributed by atoms with Crippen LogP contribution in [-0.4, -0.2) is 0 Å². The van der Waals surface area contributed by atoms with Gasteiger partial charge in [-0.05, 0) is 42.7 Å². The number of rotatable bonds is 5. The van der Waals surface area contributed by atoms with E-state index in [1.54, 1.807) is 0 Å². The van der Waals surface area contributed by atoms with E-state index in [0.717, 1.165) is 18.8 Å². The largest absolute Gasteiger partial charge is 0.399 e. The summed E-state index contributed by atoms with van der Waals surface area (Å²) in [6.07, 6.45) is 0. The third-order valence-electron chi connectivity index (χ3n) is 3.15. The van der Waals surface area contributed by atoms with Crippen molar-refractivity contribution in [2.45, 2.75) is 26.9 Å². The van der Waals surface area contributed by atoms with Crippen molar-refractivity contribution in [3.05, 3.63) is 64.7 Å². The zero-order chi connectivity index (χ0) is 13.7. The van der Waals surface area contributed by atoms with Crippen LogP contribution in [0, 0.1) is 13.8 Å². The predicted molar refractivity (Wildman–Crippen MR) is 80.4 cm³/mol. The second-order valence-corrected chi connectivity index (χ2v) is 4.88. The number of aryl methyl sites for hydroxylation is 2. The molecule has 0 heterocycles. The first-order valence-corrected chi connectivity index (χ1v) is 6.51. The third kappa shape index (κ3) is 4.09. The molecule has 0 aromatic heterocycles. The second-order valence-electron chi connectivity index (χ2n) is 4.88. The van der Waals surface area contributed by atoms with Gasteiger partial charge in [-0.25, -0.2) is 0 Å². The minimum atomic E-state index is 0.760. The Hall–Kier alpha value is -1.84. The smallest absolute Gasteiger partial charge is 0.0353 e. The molecule has 0 fully saturated rings. The molecule has 3 nitrogen and oxygen atoms in total. The normalized spacial score (nSPS) is 10.6. The maximum atomic E-state index is 5.74. The molecule has 0 unspecified atom stereocenters. The number of hydrazine groups is 1. The van der Waals surface area contributed by atoms with Crippen LogP contribution in [0.15, 0.2) is 42.5 Å². The summed E-state index contributed by atoms with van der Waals surface area (Å²) in [7, 11) is 0. The first-order valence-electron chi connectivity index (χ1n) is 6.51. The van der Waals surface area contributed by atoms with Crippen LogP contribution in [0.5, 0.6) is 0 Å². The van der Waals surface area contributed by atoms with Gasteiger partial charge in [-0.15, -0.1) is 0 Å². The molecule has 19 heavy (non-hydrogen) atoms. The fraction of sp³-hybridized carbons (Fsp3) is 0.250. The summed E-state index contributed by atoms with van der Waals surface area (Å²) < 4.78 is 0. The van der Waals surface area contributed by atoms with Gasteiger partial charge in [0, 0.05) is 18.8 Å². The number of benzene rings is 2. The lowest BCUT2D eigenvalue weighted by Gasteiger charge is -2.10. The molecule has 0 aliphatic carbocycles. The first kappa shape index (κ1) is 13.6. The van der Waals surface area contributed by atoms with Crippen molar-refractivity contribution >= 4 is 5.69 Å². The van der Waals surface area contributed by atoms with Crippen molar-refractivity contribution in [3.8, 4) is 0 Å². The molecule has 3 heteroatoms. The van der Waals surface area contributed by atoms with E-state index in [4.69, 9.17) is 5.73 Å². The molecule has 0 bridgehead atoms. The van der Waals surface area contributed by atoms with Crippen molar-refractivity contribution in [2.75, 3.05) is 5.73 Å². The van der Waals surface area contributed by atoms with E-state index in [9.17, 15) is 0 Å². The molecule has 0 aliphatic rings. The fourth-order valence-electron chi connectivity index (χ4n) is 2.07. The average molecular weight is 255 g/mol. The van der Waals surface area contributed by atoms with Crippen LogP contribution < -0.4 is 16.6 Å². The molecule has 0 spiro atoms. The summed E-state index contributed by atoms with van der Waals surface area (Å²) in [6.45, 7) is 5.83. The van der Waals surface area contributed by atoms with Crippen molar-refractivity contribution < 1.29 is 0 Å². The molecule has 0 atom stereocenters. The molecule has 0 saturated carbocycles. The quantitative estimate of drug-likeness (QED) is 0.437. The zero-order valence-electron chi connectivity index (χ0n) is 11.5. The summed E-state index contributed by atoms with van der Waals surface area (Å²) in [5.41, 5.74) is 18.1. The highest BCUT2D eigenvalue weighted by atomic mass is 15.3. The second kappa shape index (κ2) is 6.36.